The Morgan fingerprint density at radius 1 is 0.914 bits per heavy atom. The zero-order valence-electron chi connectivity index (χ0n) is 18.9. The van der Waals surface area contributed by atoms with E-state index in [0.29, 0.717) is 10.9 Å². The molecule has 1 aromatic heterocycles. The summed E-state index contributed by atoms with van der Waals surface area (Å²) in [4.78, 5) is 40.3. The first-order valence-corrected chi connectivity index (χ1v) is 11.5. The number of aromatic amines is 1. The third-order valence-electron chi connectivity index (χ3n) is 6.45. The van der Waals surface area contributed by atoms with Gasteiger partial charge in [0.2, 0.25) is 0 Å². The van der Waals surface area contributed by atoms with Crippen LogP contribution in [0.2, 0.25) is 0 Å². The summed E-state index contributed by atoms with van der Waals surface area (Å²) >= 11 is 0. The van der Waals surface area contributed by atoms with E-state index in [-0.39, 0.29) is 31.1 Å². The number of fused-ring (bicyclic) bond motifs is 4. The molecule has 0 saturated heterocycles. The molecular weight excluding hydrogens is 444 g/mol. The lowest BCUT2D eigenvalue weighted by Gasteiger charge is -2.19. The van der Waals surface area contributed by atoms with Gasteiger partial charge in [-0.05, 0) is 34.7 Å². The van der Waals surface area contributed by atoms with Crippen molar-refractivity contribution in [2.24, 2.45) is 0 Å². The number of carboxylic acids is 1. The highest BCUT2D eigenvalue weighted by atomic mass is 16.5. The molecule has 0 fully saturated rings. The van der Waals surface area contributed by atoms with E-state index in [1.807, 2.05) is 54.6 Å². The summed E-state index contributed by atoms with van der Waals surface area (Å²) in [5.74, 6) is -1.52. The fourth-order valence-electron chi connectivity index (χ4n) is 4.78. The molecule has 0 aliphatic heterocycles. The smallest absolute Gasteiger partial charge is 0.407 e. The van der Waals surface area contributed by atoms with E-state index in [1.54, 1.807) is 12.3 Å². The molecule has 176 valence electrons. The minimum Gasteiger partial charge on any atom is -0.481 e. The van der Waals surface area contributed by atoms with Crippen LogP contribution in [0.25, 0.3) is 22.0 Å². The van der Waals surface area contributed by atoms with Crippen molar-refractivity contribution in [2.75, 3.05) is 6.61 Å². The second-order valence-electron chi connectivity index (χ2n) is 8.57. The van der Waals surface area contributed by atoms with Crippen molar-refractivity contribution in [1.82, 2.24) is 10.3 Å². The molecule has 3 N–H and O–H groups in total. The van der Waals surface area contributed by atoms with Crippen molar-refractivity contribution in [1.29, 1.82) is 0 Å². The first-order valence-electron chi connectivity index (χ1n) is 11.5. The molecule has 3 aromatic carbocycles. The second-order valence-corrected chi connectivity index (χ2v) is 8.57. The van der Waals surface area contributed by atoms with Gasteiger partial charge in [0, 0.05) is 35.0 Å². The van der Waals surface area contributed by atoms with Crippen LogP contribution in [0.1, 0.15) is 40.2 Å². The van der Waals surface area contributed by atoms with Crippen LogP contribution in [0.3, 0.4) is 0 Å². The molecule has 1 unspecified atom stereocenters. The maximum Gasteiger partial charge on any atom is 0.407 e. The number of benzene rings is 3. The van der Waals surface area contributed by atoms with Gasteiger partial charge in [-0.3, -0.25) is 9.59 Å². The van der Waals surface area contributed by atoms with Crippen LogP contribution in [-0.2, 0) is 9.53 Å². The molecule has 1 amide bonds. The fraction of sp³-hybridized carbons (Fsp3) is 0.179. The van der Waals surface area contributed by atoms with E-state index in [9.17, 15) is 14.4 Å². The van der Waals surface area contributed by atoms with Crippen LogP contribution in [0, 0.1) is 0 Å². The lowest BCUT2D eigenvalue weighted by atomic mass is 9.98. The average Bonchev–Trinajstić information content (AvgIpc) is 3.44. The van der Waals surface area contributed by atoms with Gasteiger partial charge in [-0.2, -0.15) is 0 Å². The number of aliphatic carboxylic acids is 1. The Labute approximate surface area is 201 Å². The summed E-state index contributed by atoms with van der Waals surface area (Å²) in [5, 5.41) is 12.5. The van der Waals surface area contributed by atoms with Crippen molar-refractivity contribution < 1.29 is 24.2 Å². The molecule has 7 nitrogen and oxygen atoms in total. The Kier molecular flexibility index (Phi) is 6.06. The van der Waals surface area contributed by atoms with Gasteiger partial charge in [-0.1, -0.05) is 66.7 Å². The number of rotatable bonds is 8. The SMILES string of the molecule is O=C(O)CCC(NC(=O)OCC1c2ccccc2-c2ccccc21)C(=O)c1c[nH]c2ccccc12. The van der Waals surface area contributed by atoms with Gasteiger partial charge in [0.15, 0.2) is 5.78 Å². The van der Waals surface area contributed by atoms with Crippen LogP contribution in [-0.4, -0.2) is 40.6 Å². The maximum absolute atomic E-state index is 13.3. The van der Waals surface area contributed by atoms with Crippen LogP contribution in [0.15, 0.2) is 79.0 Å². The lowest BCUT2D eigenvalue weighted by molar-refractivity contribution is -0.137. The van der Waals surface area contributed by atoms with Gasteiger partial charge in [-0.25, -0.2) is 4.79 Å². The minimum absolute atomic E-state index is 0.0438. The Balaban J connectivity index is 1.32. The molecule has 0 spiro atoms. The highest BCUT2D eigenvalue weighted by Gasteiger charge is 2.30. The number of nitrogens with one attached hydrogen (secondary N) is 2. The molecule has 1 heterocycles. The Morgan fingerprint density at radius 2 is 1.54 bits per heavy atom. The first kappa shape index (κ1) is 22.4. The van der Waals surface area contributed by atoms with Crippen LogP contribution < -0.4 is 5.32 Å². The molecule has 0 saturated carbocycles. The number of ether oxygens (including phenoxy) is 1. The molecule has 1 atom stereocenters. The number of Topliss-reactive ketones (excluding diaryl/α,β-unsaturated/α-hetero) is 1. The number of aromatic nitrogens is 1. The van der Waals surface area contributed by atoms with Gasteiger partial charge < -0.3 is 20.1 Å². The number of ketones is 1. The summed E-state index contributed by atoms with van der Waals surface area (Å²) in [6.07, 6.45) is 0.524. The van der Waals surface area contributed by atoms with Crippen molar-refractivity contribution in [3.05, 3.63) is 95.7 Å². The summed E-state index contributed by atoms with van der Waals surface area (Å²) in [6.45, 7) is 0.104. The maximum atomic E-state index is 13.3. The molecule has 4 aromatic rings. The van der Waals surface area contributed by atoms with Crippen molar-refractivity contribution >= 4 is 28.7 Å². The third kappa shape index (κ3) is 4.40. The largest absolute Gasteiger partial charge is 0.481 e. The lowest BCUT2D eigenvalue weighted by Crippen LogP contribution is -2.41. The zero-order valence-corrected chi connectivity index (χ0v) is 18.9. The summed E-state index contributed by atoms with van der Waals surface area (Å²) in [6, 6.07) is 22.3. The number of H-pyrrole nitrogens is 1. The van der Waals surface area contributed by atoms with Crippen LogP contribution >= 0.6 is 0 Å². The average molecular weight is 469 g/mol. The van der Waals surface area contributed by atoms with E-state index >= 15 is 0 Å². The normalized spacial score (nSPS) is 13.1. The molecule has 1 aliphatic carbocycles. The highest BCUT2D eigenvalue weighted by molar-refractivity contribution is 6.11. The number of para-hydroxylation sites is 1. The van der Waals surface area contributed by atoms with E-state index in [0.717, 1.165) is 27.8 Å². The molecule has 0 radical (unpaired) electrons. The van der Waals surface area contributed by atoms with Gasteiger partial charge in [0.05, 0.1) is 6.04 Å². The number of hydrogen-bond donors (Lipinski definition) is 3. The zero-order chi connectivity index (χ0) is 24.4. The summed E-state index contributed by atoms with van der Waals surface area (Å²) in [5.41, 5.74) is 5.58. The number of carboxylic acid groups (broad SMARTS) is 1. The van der Waals surface area contributed by atoms with Crippen molar-refractivity contribution in [2.45, 2.75) is 24.8 Å². The number of amides is 1. The Bertz CT molecular complexity index is 1380. The predicted octanol–water partition coefficient (Wildman–Crippen LogP) is 5.12. The minimum atomic E-state index is -1.05. The van der Waals surface area contributed by atoms with E-state index < -0.39 is 18.1 Å². The quantitative estimate of drug-likeness (QED) is 0.311. The van der Waals surface area contributed by atoms with Crippen molar-refractivity contribution in [3.8, 4) is 11.1 Å². The van der Waals surface area contributed by atoms with Crippen LogP contribution in [0.5, 0.6) is 0 Å². The van der Waals surface area contributed by atoms with Gasteiger partial charge in [0.1, 0.15) is 6.61 Å². The predicted molar refractivity (Wildman–Crippen MR) is 131 cm³/mol. The van der Waals surface area contributed by atoms with Gasteiger partial charge in [0.25, 0.3) is 0 Å². The topological polar surface area (TPSA) is 108 Å². The van der Waals surface area contributed by atoms with Gasteiger partial charge >= 0.3 is 12.1 Å². The third-order valence-corrected chi connectivity index (χ3v) is 6.45. The number of alkyl carbamates (subject to hydrolysis) is 1. The fourth-order valence-corrected chi connectivity index (χ4v) is 4.78. The van der Waals surface area contributed by atoms with E-state index in [4.69, 9.17) is 9.84 Å². The molecule has 35 heavy (non-hydrogen) atoms. The van der Waals surface area contributed by atoms with E-state index in [1.165, 1.54) is 0 Å². The van der Waals surface area contributed by atoms with E-state index in [2.05, 4.69) is 22.4 Å². The monoisotopic (exact) mass is 468 g/mol. The Hall–Kier alpha value is -4.39. The number of carbonyl (C=O) groups excluding carboxylic acids is 2. The molecule has 0 bridgehead atoms. The second kappa shape index (κ2) is 9.46. The molecule has 1 aliphatic rings. The summed E-state index contributed by atoms with van der Waals surface area (Å²) in [7, 11) is 0. The molecular formula is C28H24N2O5. The van der Waals surface area contributed by atoms with Gasteiger partial charge in [-0.15, -0.1) is 0 Å². The number of carbonyl (C=O) groups is 3. The Morgan fingerprint density at radius 3 is 2.23 bits per heavy atom. The highest BCUT2D eigenvalue weighted by Crippen LogP contribution is 2.44. The van der Waals surface area contributed by atoms with Crippen molar-refractivity contribution in [3.63, 3.8) is 0 Å². The summed E-state index contributed by atoms with van der Waals surface area (Å²) < 4.78 is 5.57. The van der Waals surface area contributed by atoms with Crippen LogP contribution in [0.4, 0.5) is 4.79 Å². The molecule has 5 rings (SSSR count). The standard InChI is InChI=1S/C28H24N2O5/c31-26(32)14-13-25(27(33)22-15-29-24-12-6-5-11-21(22)24)30-28(34)35-16-23-19-9-3-1-7-17(19)18-8-2-4-10-20(18)23/h1-12,15,23,25,29H,13-14,16H2,(H,30,34)(H,31,32). The molecule has 7 heteroatoms. The first-order chi connectivity index (χ1) is 17.0. The number of hydrogen-bond acceptors (Lipinski definition) is 4.